The summed E-state index contributed by atoms with van der Waals surface area (Å²) in [6.07, 6.45) is 1.98. The first-order valence-corrected chi connectivity index (χ1v) is 2.31. The van der Waals surface area contributed by atoms with E-state index < -0.39 is 0 Å². The maximum Gasteiger partial charge on any atom is 0.158 e. The van der Waals surface area contributed by atoms with Gasteiger partial charge in [0, 0.05) is 7.05 Å². The zero-order chi connectivity index (χ0) is 7.28. The van der Waals surface area contributed by atoms with E-state index in [9.17, 15) is 4.48 Å². The van der Waals surface area contributed by atoms with Gasteiger partial charge in [-0.3, -0.25) is 5.41 Å². The average Bonchev–Trinajstić information content (AvgIpc) is 1.82. The van der Waals surface area contributed by atoms with E-state index in [1.807, 2.05) is 0 Å². The summed E-state index contributed by atoms with van der Waals surface area (Å²) in [4.78, 5) is 3.33. The molecular weight excluding hydrogens is 121 g/mol. The van der Waals surface area contributed by atoms with Gasteiger partial charge in [-0.1, -0.05) is 11.1 Å². The second kappa shape index (κ2) is 3.77. The predicted octanol–water partition coefficient (Wildman–Crippen LogP) is 0.994. The number of likely N-dealkylation sites (N-methyl/N-ethyl adjacent to an activating group) is 1. The van der Waals surface area contributed by atoms with Crippen molar-refractivity contribution in [2.45, 2.75) is 0 Å². The largest absolute Gasteiger partial charge is 0.289 e. The Morgan fingerprint density at radius 1 is 1.89 bits per heavy atom. The Hall–Kier alpha value is -1.19. The summed E-state index contributed by atoms with van der Waals surface area (Å²) < 4.78 is 12.1. The third-order valence-electron chi connectivity index (χ3n) is 0.695. The molecule has 4 heteroatoms. The van der Waals surface area contributed by atoms with Crippen LogP contribution in [0.4, 0.5) is 4.48 Å². The second-order valence-corrected chi connectivity index (χ2v) is 1.30. The molecule has 0 saturated heterocycles. The topological polar surface area (TPSA) is 39.5 Å². The highest BCUT2D eigenvalue weighted by Crippen LogP contribution is 1.87. The van der Waals surface area contributed by atoms with Crippen molar-refractivity contribution in [3.63, 3.8) is 0 Å². The average molecular weight is 129 g/mol. The van der Waals surface area contributed by atoms with Crippen LogP contribution in [0.1, 0.15) is 0 Å². The van der Waals surface area contributed by atoms with Gasteiger partial charge in [0.1, 0.15) is 6.34 Å². The van der Waals surface area contributed by atoms with E-state index in [0.717, 1.165) is 6.34 Å². The Kier molecular flexibility index (Phi) is 3.27. The van der Waals surface area contributed by atoms with Crippen LogP contribution in [0.2, 0.25) is 0 Å². The molecule has 0 aromatic carbocycles. The van der Waals surface area contributed by atoms with E-state index >= 15 is 0 Å². The van der Waals surface area contributed by atoms with E-state index in [-0.39, 0.29) is 11.0 Å². The molecule has 0 atom stereocenters. The van der Waals surface area contributed by atoms with E-state index in [2.05, 4.69) is 11.6 Å². The van der Waals surface area contributed by atoms with Crippen molar-refractivity contribution >= 4 is 12.2 Å². The first-order valence-electron chi connectivity index (χ1n) is 2.31. The normalized spacial score (nSPS) is 10.7. The van der Waals surface area contributed by atoms with Crippen molar-refractivity contribution in [1.82, 2.24) is 5.12 Å². The Morgan fingerprint density at radius 2 is 2.44 bits per heavy atom. The zero-order valence-corrected chi connectivity index (χ0v) is 5.13. The van der Waals surface area contributed by atoms with Gasteiger partial charge in [0.05, 0.1) is 0 Å². The molecular formula is C5H8FN3. The molecule has 0 aliphatic heterocycles. The summed E-state index contributed by atoms with van der Waals surface area (Å²) in [5, 5.41) is 6.77. The number of nitrogens with one attached hydrogen (secondary N) is 1. The lowest BCUT2D eigenvalue weighted by atomic mass is 10.6. The molecule has 0 heterocycles. The molecule has 0 aromatic heterocycles. The minimum absolute atomic E-state index is 0.0324. The Balaban J connectivity index is 4.13. The molecule has 0 rings (SSSR count). The lowest BCUT2D eigenvalue weighted by Gasteiger charge is -2.02. The number of amidine groups is 1. The van der Waals surface area contributed by atoms with Crippen LogP contribution in [0.3, 0.4) is 0 Å². The zero-order valence-electron chi connectivity index (χ0n) is 5.13. The molecule has 0 saturated carbocycles. The smallest absolute Gasteiger partial charge is 0.158 e. The van der Waals surface area contributed by atoms with E-state index in [0.29, 0.717) is 0 Å². The van der Waals surface area contributed by atoms with Crippen LogP contribution in [0, 0.1) is 5.41 Å². The standard InChI is InChI=1S/C5H8FN3/c1-3-5(8-4-7)9(2)6/h3-4,7H,1H2,2H3/b7-4?,8-5-. The highest BCUT2D eigenvalue weighted by atomic mass is 19.2. The molecule has 3 nitrogen and oxygen atoms in total. The van der Waals surface area contributed by atoms with Crippen molar-refractivity contribution in [2.75, 3.05) is 7.05 Å². The summed E-state index contributed by atoms with van der Waals surface area (Å²) >= 11 is 0. The van der Waals surface area contributed by atoms with Crippen molar-refractivity contribution in [1.29, 1.82) is 5.41 Å². The van der Waals surface area contributed by atoms with Gasteiger partial charge in [-0.15, -0.1) is 0 Å². The fourth-order valence-corrected chi connectivity index (χ4v) is 0.324. The SMILES string of the molecule is C=C/C(=N/C=N)N(C)F. The van der Waals surface area contributed by atoms with Gasteiger partial charge in [0.2, 0.25) is 0 Å². The second-order valence-electron chi connectivity index (χ2n) is 1.30. The lowest BCUT2D eigenvalue weighted by molar-refractivity contribution is 0.163. The van der Waals surface area contributed by atoms with Gasteiger partial charge in [0.15, 0.2) is 5.84 Å². The molecule has 9 heavy (non-hydrogen) atoms. The van der Waals surface area contributed by atoms with Crippen LogP contribution in [0.25, 0.3) is 0 Å². The molecule has 0 spiro atoms. The van der Waals surface area contributed by atoms with Gasteiger partial charge < -0.3 is 0 Å². The molecule has 1 N–H and O–H groups in total. The van der Waals surface area contributed by atoms with E-state index in [4.69, 9.17) is 5.41 Å². The Morgan fingerprint density at radius 3 is 2.56 bits per heavy atom. The van der Waals surface area contributed by atoms with E-state index in [1.165, 1.54) is 13.1 Å². The van der Waals surface area contributed by atoms with Gasteiger partial charge in [-0.05, 0) is 6.08 Å². The van der Waals surface area contributed by atoms with Crippen LogP contribution >= 0.6 is 0 Å². The molecule has 0 aromatic rings. The summed E-state index contributed by atoms with van der Waals surface area (Å²) in [6.45, 7) is 3.29. The fourth-order valence-electron chi connectivity index (χ4n) is 0.324. The van der Waals surface area contributed by atoms with Crippen molar-refractivity contribution in [2.24, 2.45) is 4.99 Å². The number of rotatable bonds is 2. The van der Waals surface area contributed by atoms with Crippen LogP contribution < -0.4 is 0 Å². The number of hydrogen-bond acceptors (Lipinski definition) is 1. The molecule has 0 bridgehead atoms. The summed E-state index contributed by atoms with van der Waals surface area (Å²) in [5.74, 6) is 0.0324. The molecule has 0 amide bonds. The fraction of sp³-hybridized carbons (Fsp3) is 0.200. The molecule has 0 aliphatic carbocycles. The van der Waals surface area contributed by atoms with Gasteiger partial charge in [0.25, 0.3) is 0 Å². The number of halogens is 1. The van der Waals surface area contributed by atoms with Crippen LogP contribution in [0.5, 0.6) is 0 Å². The summed E-state index contributed by atoms with van der Waals surface area (Å²) in [6, 6.07) is 0. The maximum absolute atomic E-state index is 12.1. The monoisotopic (exact) mass is 129 g/mol. The minimum atomic E-state index is 0.0324. The van der Waals surface area contributed by atoms with E-state index in [1.54, 1.807) is 0 Å². The van der Waals surface area contributed by atoms with Gasteiger partial charge >= 0.3 is 0 Å². The quantitative estimate of drug-likeness (QED) is 0.337. The summed E-state index contributed by atoms with van der Waals surface area (Å²) in [5.41, 5.74) is 0. The highest BCUT2D eigenvalue weighted by Gasteiger charge is 1.95. The van der Waals surface area contributed by atoms with Gasteiger partial charge in [-0.2, -0.15) is 5.12 Å². The first kappa shape index (κ1) is 7.81. The lowest BCUT2D eigenvalue weighted by Crippen LogP contribution is -2.14. The van der Waals surface area contributed by atoms with Crippen molar-refractivity contribution in [3.8, 4) is 0 Å². The van der Waals surface area contributed by atoms with Crippen LogP contribution in [0.15, 0.2) is 17.6 Å². The summed E-state index contributed by atoms with van der Waals surface area (Å²) in [7, 11) is 1.18. The number of nitrogens with zero attached hydrogens (tertiary/aromatic N) is 2. The van der Waals surface area contributed by atoms with Gasteiger partial charge in [-0.25, -0.2) is 4.99 Å². The Labute approximate surface area is 53.0 Å². The first-order chi connectivity index (χ1) is 4.22. The maximum atomic E-state index is 12.1. The molecule has 0 radical (unpaired) electrons. The molecule has 0 fully saturated rings. The van der Waals surface area contributed by atoms with Crippen molar-refractivity contribution in [3.05, 3.63) is 12.7 Å². The molecule has 0 unspecified atom stereocenters. The van der Waals surface area contributed by atoms with Crippen LogP contribution in [-0.4, -0.2) is 24.3 Å². The Bertz CT molecular complexity index is 139. The third-order valence-corrected chi connectivity index (χ3v) is 0.695. The van der Waals surface area contributed by atoms with Crippen LogP contribution in [-0.2, 0) is 0 Å². The predicted molar refractivity (Wildman–Crippen MR) is 35.3 cm³/mol. The molecule has 0 aliphatic rings. The molecule has 50 valence electrons. The van der Waals surface area contributed by atoms with Crippen molar-refractivity contribution < 1.29 is 4.48 Å². The number of aliphatic imine (C=N–C) groups is 1. The highest BCUT2D eigenvalue weighted by molar-refractivity contribution is 5.95. The number of hydrogen-bond donors (Lipinski definition) is 1. The minimum Gasteiger partial charge on any atom is -0.289 e. The third kappa shape index (κ3) is 2.58.